The molecule has 8 heteroatoms. The van der Waals surface area contributed by atoms with Crippen molar-refractivity contribution < 1.29 is 14.5 Å². The first-order valence-electron chi connectivity index (χ1n) is 4.78. The molecule has 96 valence electrons. The fraction of sp³-hybridized carbons (Fsp3) is 0.200. The predicted molar refractivity (Wildman–Crippen MR) is 65.9 cm³/mol. The minimum absolute atomic E-state index is 0.0393. The van der Waals surface area contributed by atoms with Crippen molar-refractivity contribution in [1.82, 2.24) is 5.43 Å². The van der Waals surface area contributed by atoms with Crippen LogP contribution in [0.1, 0.15) is 12.5 Å². The average molecular weight is 272 g/mol. The van der Waals surface area contributed by atoms with Crippen LogP contribution in [0.2, 0.25) is 5.02 Å². The van der Waals surface area contributed by atoms with E-state index in [9.17, 15) is 14.9 Å². The second-order valence-electron chi connectivity index (χ2n) is 3.22. The van der Waals surface area contributed by atoms with E-state index in [4.69, 9.17) is 11.6 Å². The Balaban J connectivity index is 2.99. The number of hydrogen-bond donors (Lipinski definition) is 1. The molecule has 0 unspecified atom stereocenters. The Hall–Kier alpha value is -2.15. The van der Waals surface area contributed by atoms with Crippen LogP contribution >= 0.6 is 11.6 Å². The zero-order chi connectivity index (χ0) is 13.7. The zero-order valence-corrected chi connectivity index (χ0v) is 10.4. The molecule has 0 saturated heterocycles. The molecule has 0 aromatic heterocycles. The van der Waals surface area contributed by atoms with Gasteiger partial charge in [-0.1, -0.05) is 17.7 Å². The van der Waals surface area contributed by atoms with Gasteiger partial charge in [-0.05, 0) is 13.0 Å². The molecule has 0 aliphatic carbocycles. The second kappa shape index (κ2) is 5.97. The van der Waals surface area contributed by atoms with E-state index < -0.39 is 11.0 Å². The Labute approximate surface area is 108 Å². The molecule has 0 aliphatic heterocycles. The number of rotatable bonds is 3. The van der Waals surface area contributed by atoms with E-state index in [1.807, 2.05) is 0 Å². The van der Waals surface area contributed by atoms with Gasteiger partial charge in [-0.25, -0.2) is 10.2 Å². The third-order valence-corrected chi connectivity index (χ3v) is 2.38. The van der Waals surface area contributed by atoms with Crippen LogP contribution in [0.5, 0.6) is 0 Å². The molecule has 1 amide bonds. The van der Waals surface area contributed by atoms with E-state index in [0.29, 0.717) is 11.3 Å². The number of amides is 1. The van der Waals surface area contributed by atoms with Crippen molar-refractivity contribution in [2.75, 3.05) is 7.11 Å². The van der Waals surface area contributed by atoms with Crippen LogP contribution in [0.4, 0.5) is 10.5 Å². The van der Waals surface area contributed by atoms with E-state index >= 15 is 0 Å². The lowest BCUT2D eigenvalue weighted by Gasteiger charge is -2.02. The Bertz CT molecular complexity index is 516. The Morgan fingerprint density at radius 3 is 2.78 bits per heavy atom. The number of nitrogens with one attached hydrogen (secondary N) is 1. The number of carbonyl (C=O) groups excluding carboxylic acids is 1. The Morgan fingerprint density at radius 2 is 2.22 bits per heavy atom. The normalized spacial score (nSPS) is 10.9. The molecule has 0 spiro atoms. The van der Waals surface area contributed by atoms with Gasteiger partial charge in [0, 0.05) is 11.6 Å². The van der Waals surface area contributed by atoms with Crippen molar-refractivity contribution in [3.8, 4) is 0 Å². The monoisotopic (exact) mass is 271 g/mol. The van der Waals surface area contributed by atoms with E-state index in [-0.39, 0.29) is 10.7 Å². The summed E-state index contributed by atoms with van der Waals surface area (Å²) in [5.41, 5.74) is 2.76. The number of nitro groups is 1. The summed E-state index contributed by atoms with van der Waals surface area (Å²) in [6.07, 6.45) is -0.724. The first-order chi connectivity index (χ1) is 8.45. The predicted octanol–water partition coefficient (Wildman–Crippen LogP) is 2.33. The maximum absolute atomic E-state index is 10.8. The number of halogens is 1. The van der Waals surface area contributed by atoms with Gasteiger partial charge in [-0.3, -0.25) is 10.1 Å². The molecule has 1 aromatic carbocycles. The number of carbonyl (C=O) groups is 1. The molecule has 0 saturated carbocycles. The van der Waals surface area contributed by atoms with Crippen molar-refractivity contribution in [1.29, 1.82) is 0 Å². The van der Waals surface area contributed by atoms with Gasteiger partial charge in [0.2, 0.25) is 0 Å². The van der Waals surface area contributed by atoms with E-state index in [1.165, 1.54) is 19.2 Å². The summed E-state index contributed by atoms with van der Waals surface area (Å²) >= 11 is 5.67. The molecule has 18 heavy (non-hydrogen) atoms. The van der Waals surface area contributed by atoms with Crippen molar-refractivity contribution in [3.63, 3.8) is 0 Å². The molecule has 1 rings (SSSR count). The minimum Gasteiger partial charge on any atom is -0.452 e. The van der Waals surface area contributed by atoms with E-state index in [2.05, 4.69) is 15.3 Å². The van der Waals surface area contributed by atoms with Gasteiger partial charge in [0.25, 0.3) is 5.69 Å². The number of benzene rings is 1. The summed E-state index contributed by atoms with van der Waals surface area (Å²) in [6, 6.07) is 4.24. The zero-order valence-electron chi connectivity index (χ0n) is 9.64. The second-order valence-corrected chi connectivity index (χ2v) is 3.63. The Morgan fingerprint density at radius 1 is 1.56 bits per heavy atom. The summed E-state index contributed by atoms with van der Waals surface area (Å²) in [6.45, 7) is 1.59. The molecule has 0 aliphatic rings. The van der Waals surface area contributed by atoms with Gasteiger partial charge < -0.3 is 4.74 Å². The lowest BCUT2D eigenvalue weighted by Crippen LogP contribution is -2.18. The van der Waals surface area contributed by atoms with E-state index in [1.54, 1.807) is 13.0 Å². The molecular weight excluding hydrogens is 262 g/mol. The quantitative estimate of drug-likeness (QED) is 0.518. The lowest BCUT2D eigenvalue weighted by atomic mass is 10.1. The number of nitro benzene ring substituents is 1. The number of nitrogens with zero attached hydrogens (tertiary/aromatic N) is 2. The Kier molecular flexibility index (Phi) is 4.61. The molecule has 1 N–H and O–H groups in total. The minimum atomic E-state index is -0.724. The van der Waals surface area contributed by atoms with Gasteiger partial charge >= 0.3 is 6.09 Å². The molecule has 1 aromatic rings. The molecule has 0 heterocycles. The summed E-state index contributed by atoms with van der Waals surface area (Å²) in [4.78, 5) is 20.9. The van der Waals surface area contributed by atoms with Gasteiger partial charge in [-0.15, -0.1) is 0 Å². The van der Waals surface area contributed by atoms with Crippen LogP contribution in [-0.4, -0.2) is 23.8 Å². The van der Waals surface area contributed by atoms with Gasteiger partial charge in [0.1, 0.15) is 5.02 Å². The molecule has 0 radical (unpaired) electrons. The van der Waals surface area contributed by atoms with Crippen molar-refractivity contribution in [3.05, 3.63) is 38.9 Å². The molecular formula is C10H10ClN3O4. The third kappa shape index (κ3) is 3.42. The maximum Gasteiger partial charge on any atom is 0.427 e. The fourth-order valence-electron chi connectivity index (χ4n) is 1.12. The van der Waals surface area contributed by atoms with Crippen molar-refractivity contribution in [2.24, 2.45) is 5.10 Å². The molecule has 0 fully saturated rings. The number of methoxy groups -OCH3 is 1. The van der Waals surface area contributed by atoms with Crippen molar-refractivity contribution >= 4 is 29.1 Å². The molecule has 0 atom stereocenters. The van der Waals surface area contributed by atoms with Crippen LogP contribution in [0, 0.1) is 10.1 Å². The number of hydrogen-bond acceptors (Lipinski definition) is 5. The van der Waals surface area contributed by atoms with Gasteiger partial charge in [0.15, 0.2) is 0 Å². The third-order valence-electron chi connectivity index (χ3n) is 2.06. The maximum atomic E-state index is 10.8. The topological polar surface area (TPSA) is 93.8 Å². The number of ether oxygens (including phenoxy) is 1. The molecule has 7 nitrogen and oxygen atoms in total. The lowest BCUT2D eigenvalue weighted by molar-refractivity contribution is -0.384. The highest BCUT2D eigenvalue weighted by Crippen LogP contribution is 2.25. The highest BCUT2D eigenvalue weighted by Gasteiger charge is 2.13. The largest absolute Gasteiger partial charge is 0.452 e. The van der Waals surface area contributed by atoms with Crippen LogP contribution in [-0.2, 0) is 4.74 Å². The van der Waals surface area contributed by atoms with Crippen LogP contribution in [0.25, 0.3) is 0 Å². The van der Waals surface area contributed by atoms with Crippen LogP contribution < -0.4 is 5.43 Å². The first kappa shape index (κ1) is 13.9. The summed E-state index contributed by atoms with van der Waals surface area (Å²) in [7, 11) is 1.20. The van der Waals surface area contributed by atoms with Gasteiger partial charge in [-0.2, -0.15) is 5.10 Å². The average Bonchev–Trinajstić information content (AvgIpc) is 2.35. The molecule has 0 bridgehead atoms. The number of hydrazone groups is 1. The first-order valence-corrected chi connectivity index (χ1v) is 5.16. The van der Waals surface area contributed by atoms with Crippen LogP contribution in [0.15, 0.2) is 23.3 Å². The van der Waals surface area contributed by atoms with Crippen molar-refractivity contribution in [2.45, 2.75) is 6.92 Å². The summed E-state index contributed by atoms with van der Waals surface area (Å²) < 4.78 is 4.33. The van der Waals surface area contributed by atoms with E-state index in [0.717, 1.165) is 0 Å². The summed E-state index contributed by atoms with van der Waals surface area (Å²) in [5, 5.41) is 14.5. The SMILES string of the molecule is COC(=O)NN=C(C)c1ccc(Cl)c([N+](=O)[O-])c1. The highest BCUT2D eigenvalue weighted by molar-refractivity contribution is 6.32. The smallest absolute Gasteiger partial charge is 0.427 e. The standard InChI is InChI=1S/C10H10ClN3O4/c1-6(12-13-10(15)18-2)7-3-4-8(11)9(5-7)14(16)17/h3-5H,1-2H3,(H,13,15). The van der Waals surface area contributed by atoms with Gasteiger partial charge in [0.05, 0.1) is 17.7 Å². The highest BCUT2D eigenvalue weighted by atomic mass is 35.5. The fourth-order valence-corrected chi connectivity index (χ4v) is 1.30. The van der Waals surface area contributed by atoms with Crippen LogP contribution in [0.3, 0.4) is 0 Å². The summed E-state index contributed by atoms with van der Waals surface area (Å²) in [5.74, 6) is 0.